The molecular weight excluding hydrogens is 1090 g/mol. The van der Waals surface area contributed by atoms with Gasteiger partial charge in [-0.2, -0.15) is 0 Å². The maximum absolute atomic E-state index is 2.33. The minimum Gasteiger partial charge on any atom is -0.311 e. The zero-order valence-corrected chi connectivity index (χ0v) is 50.8. The third kappa shape index (κ3) is 16.6. The van der Waals surface area contributed by atoms with E-state index in [0.29, 0.717) is 0 Å². The number of hydrogen-bond donors (Lipinski definition) is 0. The molecule has 0 radical (unpaired) electrons. The van der Waals surface area contributed by atoms with Crippen molar-refractivity contribution in [2.45, 2.75) is 0 Å². The second-order valence-electron chi connectivity index (χ2n) is 22.1. The van der Waals surface area contributed by atoms with Crippen LogP contribution in [0.15, 0.2) is 364 Å². The molecule has 91 heavy (non-hydrogen) atoms. The molecule has 0 heterocycles. The second kappa shape index (κ2) is 30.6. The van der Waals surface area contributed by atoms with E-state index in [2.05, 4.69) is 424 Å². The Labute approximate surface area is 537 Å². The van der Waals surface area contributed by atoms with E-state index in [9.17, 15) is 0 Å². The van der Waals surface area contributed by atoms with Gasteiger partial charge in [0.1, 0.15) is 0 Å². The smallest absolute Gasteiger partial charge is 0.0462 e. The second-order valence-corrected chi connectivity index (χ2v) is 22.1. The lowest BCUT2D eigenvalue weighted by Gasteiger charge is -2.26. The van der Waals surface area contributed by atoms with Crippen LogP contribution in [0.4, 0.5) is 17.1 Å². The number of rotatable bonds is 21. The first-order chi connectivity index (χ1) is 45.1. The minimum absolute atomic E-state index is 1.07. The summed E-state index contributed by atoms with van der Waals surface area (Å²) in [6.07, 6.45) is 32.6. The van der Waals surface area contributed by atoms with E-state index in [1.807, 2.05) is 0 Å². The zero-order valence-electron chi connectivity index (χ0n) is 50.8. The zero-order chi connectivity index (χ0) is 61.5. The number of benzene rings is 12. The Hall–Kier alpha value is -11.9. The van der Waals surface area contributed by atoms with E-state index in [1.165, 1.54) is 50.1 Å². The highest BCUT2D eigenvalue weighted by Crippen LogP contribution is 2.36. The standard InChI is InChI=1S/C90H69N/c1-7-25-79(26-8-1)88(80-27-9-2-10-28-80)37-19-22-70-40-46-73(47-41-70)52-55-76-58-64-85(65-59-76)91(86-66-60-77(61-67-86)56-53-74-48-42-71(43-49-74)23-20-38-89(81-29-11-3-12-30-81)82-31-13-4-14-32-82)87-68-62-78(63-69-87)57-54-75-50-44-72(45-51-75)24-21-39-90(83-33-15-5-16-34-83)84-35-17-6-18-36-84/h1-69H/b22-19+,23-20+,24-21+,55-52+,56-53+,57-54+. The lowest BCUT2D eigenvalue weighted by Crippen LogP contribution is -2.09. The molecule has 1 nitrogen and oxygen atoms in total. The fraction of sp³-hybridized carbons (Fsp3) is 0. The molecule has 0 saturated heterocycles. The summed E-state index contributed by atoms with van der Waals surface area (Å²) < 4.78 is 0. The average Bonchev–Trinajstić information content (AvgIpc) is 1.80. The molecule has 434 valence electrons. The van der Waals surface area contributed by atoms with Gasteiger partial charge in [0.15, 0.2) is 0 Å². The highest BCUT2D eigenvalue weighted by Gasteiger charge is 2.13. The summed E-state index contributed by atoms with van der Waals surface area (Å²) in [6, 6.07) is 116. The van der Waals surface area contributed by atoms with E-state index in [-0.39, 0.29) is 0 Å². The van der Waals surface area contributed by atoms with Crippen LogP contribution in [-0.4, -0.2) is 0 Å². The average molecular weight is 1160 g/mol. The van der Waals surface area contributed by atoms with Crippen LogP contribution in [0.5, 0.6) is 0 Å². The Morgan fingerprint density at radius 1 is 0.165 bits per heavy atom. The fourth-order valence-corrected chi connectivity index (χ4v) is 10.9. The highest BCUT2D eigenvalue weighted by atomic mass is 15.1. The van der Waals surface area contributed by atoms with E-state index in [0.717, 1.165) is 67.1 Å². The molecule has 0 saturated carbocycles. The van der Waals surface area contributed by atoms with Crippen LogP contribution in [-0.2, 0) is 0 Å². The molecule has 0 bridgehead atoms. The quantitative estimate of drug-likeness (QED) is 0.0512. The third-order valence-corrected chi connectivity index (χ3v) is 15.8. The predicted molar refractivity (Wildman–Crippen MR) is 394 cm³/mol. The van der Waals surface area contributed by atoms with Gasteiger partial charge < -0.3 is 4.90 Å². The van der Waals surface area contributed by atoms with Crippen LogP contribution >= 0.6 is 0 Å². The normalized spacial score (nSPS) is 11.5. The summed E-state index contributed by atoms with van der Waals surface area (Å²) in [4.78, 5) is 2.33. The molecule has 0 atom stereocenters. The first kappa shape index (κ1) is 59.4. The summed E-state index contributed by atoms with van der Waals surface area (Å²) in [5.41, 5.74) is 24.2. The van der Waals surface area contributed by atoms with Crippen molar-refractivity contribution in [1.82, 2.24) is 0 Å². The fourth-order valence-electron chi connectivity index (χ4n) is 10.9. The van der Waals surface area contributed by atoms with Crippen molar-refractivity contribution in [3.63, 3.8) is 0 Å². The topological polar surface area (TPSA) is 3.24 Å². The Morgan fingerprint density at radius 3 is 0.495 bits per heavy atom. The molecule has 0 spiro atoms. The Bertz CT molecular complexity index is 3930. The number of hydrogen-bond acceptors (Lipinski definition) is 1. The van der Waals surface area contributed by atoms with Gasteiger partial charge in [-0.25, -0.2) is 0 Å². The van der Waals surface area contributed by atoms with Gasteiger partial charge in [-0.05, 0) is 137 Å². The molecule has 0 aliphatic carbocycles. The van der Waals surface area contributed by atoms with Gasteiger partial charge in [-0.15, -0.1) is 0 Å². The highest BCUT2D eigenvalue weighted by molar-refractivity contribution is 5.85. The molecule has 12 rings (SSSR count). The molecular formula is C90H69N. The van der Waals surface area contributed by atoms with Gasteiger partial charge in [0.2, 0.25) is 0 Å². The van der Waals surface area contributed by atoms with Crippen molar-refractivity contribution < 1.29 is 0 Å². The van der Waals surface area contributed by atoms with Gasteiger partial charge in [0.05, 0.1) is 0 Å². The van der Waals surface area contributed by atoms with Crippen LogP contribution < -0.4 is 4.90 Å². The Morgan fingerprint density at radius 2 is 0.319 bits per heavy atom. The van der Waals surface area contributed by atoms with E-state index >= 15 is 0 Å². The van der Waals surface area contributed by atoms with Crippen LogP contribution in [0, 0.1) is 0 Å². The van der Waals surface area contributed by atoms with Crippen molar-refractivity contribution in [3.05, 3.63) is 447 Å². The summed E-state index contributed by atoms with van der Waals surface area (Å²) >= 11 is 0. The molecule has 0 aromatic heterocycles. The monoisotopic (exact) mass is 1160 g/mol. The third-order valence-electron chi connectivity index (χ3n) is 15.8. The van der Waals surface area contributed by atoms with Gasteiger partial charge in [-0.1, -0.05) is 382 Å². The minimum atomic E-state index is 1.07. The van der Waals surface area contributed by atoms with Crippen LogP contribution in [0.3, 0.4) is 0 Å². The van der Waals surface area contributed by atoms with Crippen LogP contribution in [0.2, 0.25) is 0 Å². The van der Waals surface area contributed by atoms with Crippen LogP contribution in [0.1, 0.15) is 83.5 Å². The maximum Gasteiger partial charge on any atom is 0.0462 e. The molecule has 0 aliphatic heterocycles. The first-order valence-electron chi connectivity index (χ1n) is 31.0. The van der Waals surface area contributed by atoms with E-state index < -0.39 is 0 Å². The van der Waals surface area contributed by atoms with Gasteiger partial charge in [0.25, 0.3) is 0 Å². The molecule has 12 aromatic rings. The number of anilines is 3. The largest absolute Gasteiger partial charge is 0.311 e. The molecule has 0 amide bonds. The summed E-state index contributed by atoms with van der Waals surface area (Å²) in [5, 5.41) is 0. The van der Waals surface area contributed by atoms with Crippen molar-refractivity contribution in [2.75, 3.05) is 4.90 Å². The maximum atomic E-state index is 2.33. The number of allylic oxidation sites excluding steroid dienone is 6. The molecule has 0 fully saturated rings. The van der Waals surface area contributed by atoms with Crippen molar-refractivity contribution in [2.24, 2.45) is 0 Å². The van der Waals surface area contributed by atoms with E-state index in [4.69, 9.17) is 0 Å². The molecule has 0 aliphatic rings. The molecule has 0 unspecified atom stereocenters. The van der Waals surface area contributed by atoms with Crippen molar-refractivity contribution in [3.8, 4) is 0 Å². The number of nitrogens with zero attached hydrogens (tertiary/aromatic N) is 1. The Kier molecular flexibility index (Phi) is 20.0. The predicted octanol–water partition coefficient (Wildman–Crippen LogP) is 24.1. The Balaban J connectivity index is 0.741. The molecule has 1 heteroatoms. The van der Waals surface area contributed by atoms with Gasteiger partial charge in [-0.3, -0.25) is 0 Å². The summed E-state index contributed by atoms with van der Waals surface area (Å²) in [7, 11) is 0. The molecule has 12 aromatic carbocycles. The lowest BCUT2D eigenvalue weighted by molar-refractivity contribution is 1.28. The van der Waals surface area contributed by atoms with Crippen molar-refractivity contribution in [1.29, 1.82) is 0 Å². The van der Waals surface area contributed by atoms with Crippen molar-refractivity contribution >= 4 is 88.5 Å². The summed E-state index contributed by atoms with van der Waals surface area (Å²) in [5.74, 6) is 0. The lowest BCUT2D eigenvalue weighted by atomic mass is 9.97. The van der Waals surface area contributed by atoms with Gasteiger partial charge >= 0.3 is 0 Å². The van der Waals surface area contributed by atoms with E-state index in [1.54, 1.807) is 0 Å². The van der Waals surface area contributed by atoms with Crippen LogP contribution in [0.25, 0.3) is 71.4 Å². The molecule has 0 N–H and O–H groups in total. The van der Waals surface area contributed by atoms with Gasteiger partial charge in [0, 0.05) is 17.1 Å². The summed E-state index contributed by atoms with van der Waals surface area (Å²) in [6.45, 7) is 0. The first-order valence-corrected chi connectivity index (χ1v) is 31.0. The SMILES string of the molecule is C(/C=C/c1ccc(/C=C/c2ccc(N(c3ccc(/C=C/c4ccc(/C=C/C=C(c5ccccc5)c5ccccc5)cc4)cc3)c3ccc(/C=C/c4ccc(/C=C/C=C(c5ccccc5)c5ccccc5)cc4)cc3)cc2)cc1)=C(c1ccccc1)c1ccccc1.